The normalized spacial score (nSPS) is 14.2. The smallest absolute Gasteiger partial charge is 0.356 e. The molecule has 1 aliphatic heterocycles. The van der Waals surface area contributed by atoms with Crippen LogP contribution >= 0.6 is 18.6 Å². The van der Waals surface area contributed by atoms with E-state index in [2.05, 4.69) is 0 Å². The molecule has 0 aromatic heterocycles. The van der Waals surface area contributed by atoms with Crippen LogP contribution in [0.15, 0.2) is 115 Å². The SMILES string of the molecule is CC(=O)OCC(=O)SC1CC(=O)N1C(C(=O)OCc1ccc([N+](=O)[O-])cc1)=P(c1ccccc1)(c1ccccc1)c1ccccc1. The fourth-order valence-electron chi connectivity index (χ4n) is 5.18. The highest BCUT2D eigenvalue weighted by atomic mass is 32.2. The van der Waals surface area contributed by atoms with E-state index >= 15 is 0 Å². The lowest BCUT2D eigenvalue weighted by atomic mass is 10.2. The van der Waals surface area contributed by atoms with Crippen molar-refractivity contribution in [3.63, 3.8) is 0 Å². The van der Waals surface area contributed by atoms with Gasteiger partial charge in [-0.25, -0.2) is 4.79 Å². The minimum atomic E-state index is -3.18. The van der Waals surface area contributed by atoms with Gasteiger partial charge in [-0.1, -0.05) is 103 Å². The molecule has 0 aliphatic carbocycles. The lowest BCUT2D eigenvalue weighted by Crippen LogP contribution is -2.58. The topological polar surface area (TPSA) is 133 Å². The molecule has 10 nitrogen and oxygen atoms in total. The molecule has 0 spiro atoms. The largest absolute Gasteiger partial charge is 0.457 e. The molecule has 234 valence electrons. The van der Waals surface area contributed by atoms with E-state index in [0.29, 0.717) is 5.56 Å². The summed E-state index contributed by atoms with van der Waals surface area (Å²) in [4.78, 5) is 64.3. The number of likely N-dealkylation sites (tertiary alicyclic amines) is 1. The van der Waals surface area contributed by atoms with Crippen LogP contribution in [0.3, 0.4) is 0 Å². The van der Waals surface area contributed by atoms with Crippen molar-refractivity contribution < 1.29 is 33.6 Å². The molecule has 12 heteroatoms. The molecule has 4 aromatic rings. The van der Waals surface area contributed by atoms with Gasteiger partial charge in [-0.2, -0.15) is 0 Å². The Morgan fingerprint density at radius 3 is 1.76 bits per heavy atom. The number of non-ortho nitro benzene ring substituents is 1. The number of carbonyl (C=O) groups is 4. The quantitative estimate of drug-likeness (QED) is 0.0768. The second-order valence-corrected chi connectivity index (χ2v) is 14.7. The van der Waals surface area contributed by atoms with Gasteiger partial charge in [0.1, 0.15) is 12.0 Å². The number of thioether (sulfide) groups is 1. The first-order valence-corrected chi connectivity index (χ1v) is 16.9. The molecule has 0 N–H and O–H groups in total. The van der Waals surface area contributed by atoms with E-state index in [4.69, 9.17) is 9.47 Å². The van der Waals surface area contributed by atoms with Gasteiger partial charge in [0.25, 0.3) is 5.69 Å². The molecular weight excluding hydrogens is 627 g/mol. The van der Waals surface area contributed by atoms with Crippen LogP contribution in [0.2, 0.25) is 0 Å². The van der Waals surface area contributed by atoms with Gasteiger partial charge in [-0.15, -0.1) is 0 Å². The minimum Gasteiger partial charge on any atom is -0.457 e. The highest BCUT2D eigenvalue weighted by Crippen LogP contribution is 2.49. The Morgan fingerprint density at radius 1 is 0.826 bits per heavy atom. The summed E-state index contributed by atoms with van der Waals surface area (Å²) in [7, 11) is 0. The highest BCUT2D eigenvalue weighted by Gasteiger charge is 2.48. The number of amides is 1. The van der Waals surface area contributed by atoms with Gasteiger partial charge in [0.15, 0.2) is 6.61 Å². The van der Waals surface area contributed by atoms with Gasteiger partial charge in [-0.3, -0.25) is 29.4 Å². The molecule has 4 aromatic carbocycles. The van der Waals surface area contributed by atoms with Crippen molar-refractivity contribution in [2.45, 2.75) is 25.3 Å². The van der Waals surface area contributed by atoms with Crippen LogP contribution in [0.5, 0.6) is 0 Å². The van der Waals surface area contributed by atoms with Crippen LogP contribution in [-0.2, 0) is 35.3 Å². The predicted molar refractivity (Wildman–Crippen MR) is 178 cm³/mol. The van der Waals surface area contributed by atoms with Crippen LogP contribution in [0.4, 0.5) is 5.69 Å². The van der Waals surface area contributed by atoms with E-state index in [1.54, 1.807) is 0 Å². The van der Waals surface area contributed by atoms with Gasteiger partial charge in [0, 0.05) is 25.9 Å². The molecule has 46 heavy (non-hydrogen) atoms. The van der Waals surface area contributed by atoms with E-state index in [9.17, 15) is 29.3 Å². The first-order valence-electron chi connectivity index (χ1n) is 14.2. The molecule has 0 bridgehead atoms. The monoisotopic (exact) mass is 656 g/mol. The fourth-order valence-corrected chi connectivity index (χ4v) is 10.6. The van der Waals surface area contributed by atoms with Crippen LogP contribution in [0, 0.1) is 10.1 Å². The van der Waals surface area contributed by atoms with Crippen LogP contribution in [-0.4, -0.2) is 50.2 Å². The fraction of sp³-hybridized carbons (Fsp3) is 0.147. The molecular formula is C34H29N2O8PS. The zero-order valence-corrected chi connectivity index (χ0v) is 26.4. The summed E-state index contributed by atoms with van der Waals surface area (Å²) < 4.78 is 10.8. The summed E-state index contributed by atoms with van der Waals surface area (Å²) in [5.41, 5.74) is 0.500. The number of nitro benzene ring substituents is 1. The summed E-state index contributed by atoms with van der Waals surface area (Å²) in [5.74, 6) is -1.75. The summed E-state index contributed by atoms with van der Waals surface area (Å²) >= 11 is 0.821. The number of ether oxygens (including phenoxy) is 2. The molecule has 1 heterocycles. The second-order valence-electron chi connectivity index (χ2n) is 10.2. The number of hydrogen-bond acceptors (Lipinski definition) is 9. The minimum absolute atomic E-state index is 0.0199. The number of rotatable bonds is 11. The Labute approximate surface area is 269 Å². The second kappa shape index (κ2) is 14.4. The van der Waals surface area contributed by atoms with E-state index in [1.807, 2.05) is 91.0 Å². The molecule has 1 saturated heterocycles. The molecule has 1 aliphatic rings. The van der Waals surface area contributed by atoms with Crippen molar-refractivity contribution in [2.75, 3.05) is 6.61 Å². The molecule has 1 unspecified atom stereocenters. The van der Waals surface area contributed by atoms with Gasteiger partial charge in [0.2, 0.25) is 11.0 Å². The van der Waals surface area contributed by atoms with E-state index < -0.39 is 40.8 Å². The number of carbonyl (C=O) groups excluding carboxylic acids is 4. The summed E-state index contributed by atoms with van der Waals surface area (Å²) in [6.45, 7) is -2.68. The Kier molecular flexibility index (Phi) is 10.1. The third-order valence-corrected chi connectivity index (χ3v) is 12.5. The highest BCUT2D eigenvalue weighted by molar-refractivity contribution is 8.14. The van der Waals surface area contributed by atoms with Gasteiger partial charge >= 0.3 is 11.9 Å². The average molecular weight is 657 g/mol. The Balaban J connectivity index is 1.73. The van der Waals surface area contributed by atoms with Crippen LogP contribution in [0.1, 0.15) is 18.9 Å². The number of β-lactam (4-membered cyclic amide) rings is 1. The van der Waals surface area contributed by atoms with E-state index in [0.717, 1.165) is 27.7 Å². The standard InChI is InChI=1S/C34H29N2O8PS/c1-24(37)43-23-32(39)46-31-21-30(38)35(31)33(34(40)44-22-25-17-19-26(20-18-25)36(41)42)45(27-11-5-2-6-12-27,28-13-7-3-8-14-28)29-15-9-4-10-16-29/h2-20,31H,21-23H2,1H3. The number of esters is 2. The van der Waals surface area contributed by atoms with Gasteiger partial charge < -0.3 is 9.47 Å². The van der Waals surface area contributed by atoms with Crippen molar-refractivity contribution in [1.82, 2.24) is 4.90 Å². The van der Waals surface area contributed by atoms with E-state index in [1.165, 1.54) is 36.1 Å². The Hall–Kier alpha value is -4.99. The Bertz CT molecular complexity index is 1710. The molecule has 0 radical (unpaired) electrons. The third kappa shape index (κ3) is 6.80. The lowest BCUT2D eigenvalue weighted by molar-refractivity contribution is -0.384. The van der Waals surface area contributed by atoms with Crippen LogP contribution < -0.4 is 15.9 Å². The van der Waals surface area contributed by atoms with Crippen LogP contribution in [0.25, 0.3) is 0 Å². The maximum absolute atomic E-state index is 14.6. The summed E-state index contributed by atoms with van der Waals surface area (Å²) in [6, 6.07) is 33.9. The van der Waals surface area contributed by atoms with Gasteiger partial charge in [0.05, 0.1) is 16.7 Å². The number of hydrogen-bond donors (Lipinski definition) is 0. The third-order valence-electron chi connectivity index (χ3n) is 7.24. The van der Waals surface area contributed by atoms with Crippen molar-refractivity contribution in [1.29, 1.82) is 0 Å². The van der Waals surface area contributed by atoms with Crippen molar-refractivity contribution >= 4 is 68.6 Å². The number of nitrogens with zero attached hydrogens (tertiary/aromatic N) is 2. The maximum atomic E-state index is 14.6. The molecule has 1 fully saturated rings. The van der Waals surface area contributed by atoms with Crippen molar-refractivity contribution in [2.24, 2.45) is 0 Å². The average Bonchev–Trinajstić information content (AvgIpc) is 3.07. The molecule has 0 saturated carbocycles. The summed E-state index contributed by atoms with van der Waals surface area (Å²) in [5, 5.41) is 12.3. The van der Waals surface area contributed by atoms with Gasteiger partial charge in [-0.05, 0) is 33.6 Å². The Morgan fingerprint density at radius 2 is 1.33 bits per heavy atom. The maximum Gasteiger partial charge on any atom is 0.356 e. The first kappa shape index (κ1) is 32.4. The molecule has 1 atom stereocenters. The number of nitro groups is 1. The first-order chi connectivity index (χ1) is 22.2. The lowest BCUT2D eigenvalue weighted by Gasteiger charge is -2.44. The predicted octanol–water partition coefficient (Wildman–Crippen LogP) is 4.14. The van der Waals surface area contributed by atoms with Crippen molar-refractivity contribution in [3.8, 4) is 0 Å². The number of benzene rings is 4. The molecule has 1 amide bonds. The zero-order chi connectivity index (χ0) is 32.7. The summed E-state index contributed by atoms with van der Waals surface area (Å²) in [6.07, 6.45) is -0.0199. The molecule has 5 rings (SSSR count). The zero-order valence-electron chi connectivity index (χ0n) is 24.7. The van der Waals surface area contributed by atoms with E-state index in [-0.39, 0.29) is 30.0 Å². The van der Waals surface area contributed by atoms with Crippen molar-refractivity contribution in [3.05, 3.63) is 131 Å².